The van der Waals surface area contributed by atoms with Gasteiger partial charge in [0.05, 0.1) is 13.1 Å². The molecule has 1 N–H and O–H groups in total. The molecule has 1 fully saturated rings. The van der Waals surface area contributed by atoms with E-state index in [1.54, 1.807) is 0 Å². The number of ether oxygens (including phenoxy) is 1. The molecule has 7 nitrogen and oxygen atoms in total. The standard InChI is InChI=1S/C22H36N4O3/c1-18-6-8-19(9-7-18)29-15-14-24(5)17-21(28)26-12-10-25(11-13-26)16-20(27)23-22(2,3)4/h6-9H,10-17H2,1-5H3,(H,23,27). The molecule has 1 aromatic rings. The molecule has 1 saturated heterocycles. The number of aryl methyl sites for hydroxylation is 1. The Balaban J connectivity index is 1.64. The van der Waals surface area contributed by atoms with Crippen LogP contribution in [0.2, 0.25) is 0 Å². The Morgan fingerprint density at radius 1 is 1.10 bits per heavy atom. The second kappa shape index (κ2) is 10.6. The summed E-state index contributed by atoms with van der Waals surface area (Å²) in [6.07, 6.45) is 0. The van der Waals surface area contributed by atoms with Crippen LogP contribution in [0.4, 0.5) is 0 Å². The van der Waals surface area contributed by atoms with Crippen LogP contribution in [0.15, 0.2) is 24.3 Å². The first-order valence-corrected chi connectivity index (χ1v) is 10.3. The van der Waals surface area contributed by atoms with Crippen molar-refractivity contribution in [3.05, 3.63) is 29.8 Å². The van der Waals surface area contributed by atoms with Gasteiger partial charge in [-0.3, -0.25) is 19.4 Å². The van der Waals surface area contributed by atoms with E-state index in [1.165, 1.54) is 5.56 Å². The van der Waals surface area contributed by atoms with E-state index in [9.17, 15) is 9.59 Å². The summed E-state index contributed by atoms with van der Waals surface area (Å²) >= 11 is 0. The summed E-state index contributed by atoms with van der Waals surface area (Å²) in [5.41, 5.74) is 0.984. The van der Waals surface area contributed by atoms with Crippen LogP contribution in [0.1, 0.15) is 26.3 Å². The molecular formula is C22H36N4O3. The van der Waals surface area contributed by atoms with Gasteiger partial charge in [0, 0.05) is 38.3 Å². The number of nitrogens with one attached hydrogen (secondary N) is 1. The summed E-state index contributed by atoms with van der Waals surface area (Å²) in [6.45, 7) is 12.7. The van der Waals surface area contributed by atoms with Crippen molar-refractivity contribution in [2.24, 2.45) is 0 Å². The lowest BCUT2D eigenvalue weighted by atomic mass is 10.1. The number of piperazine rings is 1. The van der Waals surface area contributed by atoms with E-state index in [-0.39, 0.29) is 17.4 Å². The molecule has 0 radical (unpaired) electrons. The predicted octanol–water partition coefficient (Wildman–Crippen LogP) is 1.36. The van der Waals surface area contributed by atoms with Gasteiger partial charge in [0.1, 0.15) is 12.4 Å². The number of benzene rings is 1. The number of carbonyl (C=O) groups excluding carboxylic acids is 2. The number of hydrogen-bond donors (Lipinski definition) is 1. The number of rotatable bonds is 8. The maximum atomic E-state index is 12.5. The first-order valence-electron chi connectivity index (χ1n) is 10.3. The lowest BCUT2D eigenvalue weighted by Gasteiger charge is -2.35. The molecule has 0 atom stereocenters. The third-order valence-corrected chi connectivity index (χ3v) is 4.77. The van der Waals surface area contributed by atoms with Gasteiger partial charge in [0.2, 0.25) is 11.8 Å². The van der Waals surface area contributed by atoms with Crippen molar-refractivity contribution in [2.45, 2.75) is 33.2 Å². The maximum Gasteiger partial charge on any atom is 0.236 e. The molecule has 29 heavy (non-hydrogen) atoms. The quantitative estimate of drug-likeness (QED) is 0.709. The fourth-order valence-electron chi connectivity index (χ4n) is 3.18. The molecule has 0 aromatic heterocycles. The summed E-state index contributed by atoms with van der Waals surface area (Å²) in [4.78, 5) is 30.6. The predicted molar refractivity (Wildman–Crippen MR) is 115 cm³/mol. The lowest BCUT2D eigenvalue weighted by molar-refractivity contribution is -0.134. The maximum absolute atomic E-state index is 12.5. The molecule has 1 aromatic carbocycles. The molecule has 1 heterocycles. The average Bonchev–Trinajstić information content (AvgIpc) is 2.62. The van der Waals surface area contributed by atoms with Gasteiger partial charge in [-0.25, -0.2) is 0 Å². The summed E-state index contributed by atoms with van der Waals surface area (Å²) in [6, 6.07) is 7.97. The minimum Gasteiger partial charge on any atom is -0.492 e. The smallest absolute Gasteiger partial charge is 0.236 e. The number of amides is 2. The van der Waals surface area contributed by atoms with Gasteiger partial charge in [0.25, 0.3) is 0 Å². The van der Waals surface area contributed by atoms with Crippen molar-refractivity contribution in [3.8, 4) is 5.75 Å². The van der Waals surface area contributed by atoms with Crippen molar-refractivity contribution in [2.75, 3.05) is 59.5 Å². The van der Waals surface area contributed by atoms with Gasteiger partial charge in [-0.2, -0.15) is 0 Å². The first-order chi connectivity index (χ1) is 13.6. The second-order valence-electron chi connectivity index (χ2n) is 8.85. The fourth-order valence-corrected chi connectivity index (χ4v) is 3.18. The number of hydrogen-bond acceptors (Lipinski definition) is 5. The molecule has 2 amide bonds. The molecule has 7 heteroatoms. The fraction of sp³-hybridized carbons (Fsp3) is 0.636. The highest BCUT2D eigenvalue weighted by atomic mass is 16.5. The largest absolute Gasteiger partial charge is 0.492 e. The van der Waals surface area contributed by atoms with Crippen LogP contribution in [0, 0.1) is 6.92 Å². The van der Waals surface area contributed by atoms with E-state index in [0.29, 0.717) is 39.3 Å². The molecule has 0 aliphatic carbocycles. The Morgan fingerprint density at radius 3 is 2.31 bits per heavy atom. The van der Waals surface area contributed by atoms with E-state index in [0.717, 1.165) is 18.8 Å². The van der Waals surface area contributed by atoms with E-state index < -0.39 is 0 Å². The zero-order valence-corrected chi connectivity index (χ0v) is 18.5. The normalized spacial score (nSPS) is 15.4. The van der Waals surface area contributed by atoms with Crippen molar-refractivity contribution in [1.29, 1.82) is 0 Å². The molecule has 0 saturated carbocycles. The Hall–Kier alpha value is -2.12. The van der Waals surface area contributed by atoms with Gasteiger partial charge >= 0.3 is 0 Å². The first kappa shape index (κ1) is 23.2. The average molecular weight is 405 g/mol. The number of nitrogens with zero attached hydrogens (tertiary/aromatic N) is 3. The van der Waals surface area contributed by atoms with Crippen LogP contribution in [-0.2, 0) is 9.59 Å². The molecule has 1 aliphatic rings. The van der Waals surface area contributed by atoms with Crippen molar-refractivity contribution >= 4 is 11.8 Å². The lowest BCUT2D eigenvalue weighted by Crippen LogP contribution is -2.54. The molecular weight excluding hydrogens is 368 g/mol. The SMILES string of the molecule is Cc1ccc(OCCN(C)CC(=O)N2CCN(CC(=O)NC(C)(C)C)CC2)cc1. The zero-order chi connectivity index (χ0) is 21.4. The van der Waals surface area contributed by atoms with Crippen LogP contribution in [0.3, 0.4) is 0 Å². The molecule has 0 bridgehead atoms. The molecule has 0 unspecified atom stereocenters. The van der Waals surface area contributed by atoms with Crippen molar-refractivity contribution in [3.63, 3.8) is 0 Å². The zero-order valence-electron chi connectivity index (χ0n) is 18.5. The van der Waals surface area contributed by atoms with Gasteiger partial charge in [-0.1, -0.05) is 17.7 Å². The van der Waals surface area contributed by atoms with Gasteiger partial charge in [-0.15, -0.1) is 0 Å². The topological polar surface area (TPSA) is 65.1 Å². The second-order valence-corrected chi connectivity index (χ2v) is 8.85. The van der Waals surface area contributed by atoms with Gasteiger partial charge in [-0.05, 0) is 46.9 Å². The van der Waals surface area contributed by atoms with Crippen LogP contribution < -0.4 is 10.1 Å². The highest BCUT2D eigenvalue weighted by Gasteiger charge is 2.24. The summed E-state index contributed by atoms with van der Waals surface area (Å²) < 4.78 is 5.73. The Labute approximate surface area is 175 Å². The van der Waals surface area contributed by atoms with Crippen molar-refractivity contribution < 1.29 is 14.3 Å². The van der Waals surface area contributed by atoms with Crippen LogP contribution >= 0.6 is 0 Å². The molecule has 0 spiro atoms. The van der Waals surface area contributed by atoms with E-state index in [4.69, 9.17) is 4.74 Å². The number of likely N-dealkylation sites (N-methyl/N-ethyl adjacent to an activating group) is 1. The van der Waals surface area contributed by atoms with E-state index in [1.807, 2.05) is 68.8 Å². The summed E-state index contributed by atoms with van der Waals surface area (Å²) in [7, 11) is 1.93. The van der Waals surface area contributed by atoms with Gasteiger partial charge < -0.3 is 15.0 Å². The Bertz CT molecular complexity index is 662. The Kier molecular flexibility index (Phi) is 8.46. The molecule has 2 rings (SSSR count). The van der Waals surface area contributed by atoms with Gasteiger partial charge in [0.15, 0.2) is 0 Å². The van der Waals surface area contributed by atoms with Crippen molar-refractivity contribution in [1.82, 2.24) is 20.0 Å². The highest BCUT2D eigenvalue weighted by molar-refractivity contribution is 5.79. The van der Waals surface area contributed by atoms with Crippen LogP contribution in [0.5, 0.6) is 5.75 Å². The molecule has 162 valence electrons. The van der Waals surface area contributed by atoms with Crippen LogP contribution in [-0.4, -0.2) is 91.5 Å². The third kappa shape index (κ3) is 8.83. The van der Waals surface area contributed by atoms with E-state index in [2.05, 4.69) is 10.2 Å². The molecule has 1 aliphatic heterocycles. The third-order valence-electron chi connectivity index (χ3n) is 4.77. The monoisotopic (exact) mass is 404 g/mol. The van der Waals surface area contributed by atoms with Crippen LogP contribution in [0.25, 0.3) is 0 Å². The summed E-state index contributed by atoms with van der Waals surface area (Å²) in [5, 5.41) is 2.98. The minimum absolute atomic E-state index is 0.0330. The number of carbonyl (C=O) groups is 2. The Morgan fingerprint density at radius 2 is 1.72 bits per heavy atom. The highest BCUT2D eigenvalue weighted by Crippen LogP contribution is 2.11. The van der Waals surface area contributed by atoms with E-state index >= 15 is 0 Å². The summed E-state index contributed by atoms with van der Waals surface area (Å²) in [5.74, 6) is 1.01. The minimum atomic E-state index is -0.220.